The third kappa shape index (κ3) is 8.42. The Kier molecular flexibility index (Phi) is 10.1. The minimum atomic E-state index is -0.160. The van der Waals surface area contributed by atoms with Crippen molar-refractivity contribution in [3.8, 4) is 5.75 Å². The van der Waals surface area contributed by atoms with Crippen molar-refractivity contribution in [3.05, 3.63) is 29.3 Å². The average Bonchev–Trinajstić information content (AvgIpc) is 2.58. The molecule has 0 radical (unpaired) electrons. The Balaban J connectivity index is 2.59. The van der Waals surface area contributed by atoms with Crippen LogP contribution in [0.15, 0.2) is 23.2 Å². The first-order chi connectivity index (χ1) is 12.1. The van der Waals surface area contributed by atoms with E-state index in [0.29, 0.717) is 39.1 Å². The van der Waals surface area contributed by atoms with Gasteiger partial charge >= 0.3 is 5.97 Å². The average molecular weight is 349 g/mol. The van der Waals surface area contributed by atoms with E-state index in [1.807, 2.05) is 39.8 Å². The van der Waals surface area contributed by atoms with Crippen LogP contribution in [-0.4, -0.2) is 38.2 Å². The fourth-order valence-electron chi connectivity index (χ4n) is 2.26. The normalized spacial score (nSPS) is 11.1. The molecule has 0 aromatic heterocycles. The zero-order valence-corrected chi connectivity index (χ0v) is 15.9. The van der Waals surface area contributed by atoms with Crippen LogP contribution in [0.2, 0.25) is 0 Å². The van der Waals surface area contributed by atoms with Gasteiger partial charge in [0, 0.05) is 25.1 Å². The summed E-state index contributed by atoms with van der Waals surface area (Å²) in [6.07, 6.45) is 1.12. The molecule has 0 saturated heterocycles. The van der Waals surface area contributed by atoms with Gasteiger partial charge in [0.2, 0.25) is 0 Å². The van der Waals surface area contributed by atoms with Crippen LogP contribution in [0.5, 0.6) is 5.75 Å². The molecule has 0 aliphatic heterocycles. The maximum atomic E-state index is 11.3. The summed E-state index contributed by atoms with van der Waals surface area (Å²) in [7, 11) is 0. The third-order valence-corrected chi connectivity index (χ3v) is 3.43. The molecule has 0 saturated carbocycles. The van der Waals surface area contributed by atoms with Crippen LogP contribution in [0.1, 0.15) is 44.7 Å². The Hall–Kier alpha value is -2.24. The molecule has 0 aliphatic carbocycles. The number of aliphatic imine (C=N–C) groups is 1. The second-order valence-electron chi connectivity index (χ2n) is 5.57. The van der Waals surface area contributed by atoms with Crippen molar-refractivity contribution in [3.63, 3.8) is 0 Å². The van der Waals surface area contributed by atoms with Gasteiger partial charge in [-0.2, -0.15) is 0 Å². The fourth-order valence-corrected chi connectivity index (χ4v) is 2.26. The zero-order valence-electron chi connectivity index (χ0n) is 15.9. The summed E-state index contributed by atoms with van der Waals surface area (Å²) in [5.74, 6) is 1.45. The molecule has 0 unspecified atom stereocenters. The summed E-state index contributed by atoms with van der Waals surface area (Å²) in [5.41, 5.74) is 2.22. The van der Waals surface area contributed by atoms with Crippen molar-refractivity contribution >= 4 is 11.9 Å². The molecular formula is C19H31N3O3. The summed E-state index contributed by atoms with van der Waals surface area (Å²) < 4.78 is 10.6. The monoisotopic (exact) mass is 349 g/mol. The lowest BCUT2D eigenvalue weighted by atomic mass is 10.1. The predicted molar refractivity (Wildman–Crippen MR) is 101 cm³/mol. The first-order valence-corrected chi connectivity index (χ1v) is 9.00. The van der Waals surface area contributed by atoms with E-state index in [1.54, 1.807) is 0 Å². The van der Waals surface area contributed by atoms with Gasteiger partial charge in [0.1, 0.15) is 5.75 Å². The second kappa shape index (κ2) is 12.2. The van der Waals surface area contributed by atoms with Crippen molar-refractivity contribution < 1.29 is 14.3 Å². The molecule has 6 heteroatoms. The van der Waals surface area contributed by atoms with Crippen molar-refractivity contribution in [2.24, 2.45) is 4.99 Å². The molecule has 1 aromatic rings. The maximum Gasteiger partial charge on any atom is 0.305 e. The van der Waals surface area contributed by atoms with Crippen LogP contribution in [0.25, 0.3) is 0 Å². The van der Waals surface area contributed by atoms with Crippen LogP contribution in [0.3, 0.4) is 0 Å². The molecule has 2 N–H and O–H groups in total. The zero-order chi connectivity index (χ0) is 18.5. The molecule has 140 valence electrons. The lowest BCUT2D eigenvalue weighted by Crippen LogP contribution is -2.37. The van der Waals surface area contributed by atoms with Gasteiger partial charge < -0.3 is 20.1 Å². The molecule has 6 nitrogen and oxygen atoms in total. The number of guanidine groups is 1. The van der Waals surface area contributed by atoms with E-state index >= 15 is 0 Å². The number of benzene rings is 1. The van der Waals surface area contributed by atoms with Crippen molar-refractivity contribution in [2.45, 2.75) is 47.1 Å². The van der Waals surface area contributed by atoms with E-state index in [4.69, 9.17) is 9.47 Å². The summed E-state index contributed by atoms with van der Waals surface area (Å²) in [6.45, 7) is 10.9. The van der Waals surface area contributed by atoms with Crippen LogP contribution >= 0.6 is 0 Å². The molecule has 0 spiro atoms. The van der Waals surface area contributed by atoms with E-state index in [1.165, 1.54) is 5.56 Å². The minimum Gasteiger partial charge on any atom is -0.494 e. The van der Waals surface area contributed by atoms with Gasteiger partial charge in [-0.15, -0.1) is 0 Å². The molecule has 0 amide bonds. The number of carbonyl (C=O) groups is 1. The van der Waals surface area contributed by atoms with Crippen LogP contribution in [0, 0.1) is 6.92 Å². The van der Waals surface area contributed by atoms with Crippen LogP contribution in [-0.2, 0) is 16.1 Å². The molecule has 25 heavy (non-hydrogen) atoms. The SMILES string of the molecule is CCNC(=NCc1ccc(C)cc1OCC)NCCCC(=O)OCC. The number of hydrogen-bond acceptors (Lipinski definition) is 4. The van der Waals surface area contributed by atoms with E-state index in [0.717, 1.165) is 23.8 Å². The highest BCUT2D eigenvalue weighted by Gasteiger charge is 2.05. The highest BCUT2D eigenvalue weighted by molar-refractivity contribution is 5.79. The lowest BCUT2D eigenvalue weighted by Gasteiger charge is -2.13. The number of ether oxygens (including phenoxy) is 2. The van der Waals surface area contributed by atoms with Gasteiger partial charge in [0.05, 0.1) is 19.8 Å². The number of nitrogens with zero attached hydrogens (tertiary/aromatic N) is 1. The number of esters is 1. The van der Waals surface area contributed by atoms with Crippen molar-refractivity contribution in [1.82, 2.24) is 10.6 Å². The van der Waals surface area contributed by atoms with E-state index < -0.39 is 0 Å². The molecule has 0 bridgehead atoms. The highest BCUT2D eigenvalue weighted by atomic mass is 16.5. The highest BCUT2D eigenvalue weighted by Crippen LogP contribution is 2.21. The summed E-state index contributed by atoms with van der Waals surface area (Å²) in [4.78, 5) is 15.9. The van der Waals surface area contributed by atoms with Crippen LogP contribution < -0.4 is 15.4 Å². The van der Waals surface area contributed by atoms with Crippen LogP contribution in [0.4, 0.5) is 0 Å². The Morgan fingerprint density at radius 1 is 1.16 bits per heavy atom. The first kappa shape index (κ1) is 20.8. The van der Waals surface area contributed by atoms with Crippen molar-refractivity contribution in [2.75, 3.05) is 26.3 Å². The maximum absolute atomic E-state index is 11.3. The topological polar surface area (TPSA) is 72.0 Å². The Bertz CT molecular complexity index is 559. The Labute approximate surface area is 151 Å². The van der Waals surface area contributed by atoms with Gasteiger partial charge in [-0.1, -0.05) is 12.1 Å². The van der Waals surface area contributed by atoms with E-state index in [9.17, 15) is 4.79 Å². The molecule has 1 aromatic carbocycles. The van der Waals surface area contributed by atoms with Gasteiger partial charge in [0.15, 0.2) is 5.96 Å². The second-order valence-corrected chi connectivity index (χ2v) is 5.57. The van der Waals surface area contributed by atoms with E-state index in [2.05, 4.69) is 21.7 Å². The fraction of sp³-hybridized carbons (Fsp3) is 0.579. The van der Waals surface area contributed by atoms with Gasteiger partial charge in [-0.05, 0) is 45.7 Å². The molecule has 0 aliphatic rings. The summed E-state index contributed by atoms with van der Waals surface area (Å²) >= 11 is 0. The van der Waals surface area contributed by atoms with Crippen molar-refractivity contribution in [1.29, 1.82) is 0 Å². The minimum absolute atomic E-state index is 0.160. The van der Waals surface area contributed by atoms with Gasteiger partial charge in [-0.3, -0.25) is 4.79 Å². The predicted octanol–water partition coefficient (Wildman–Crippen LogP) is 2.79. The van der Waals surface area contributed by atoms with Gasteiger partial charge in [-0.25, -0.2) is 4.99 Å². The molecule has 0 atom stereocenters. The standard InChI is InChI=1S/C19H31N3O3/c1-5-20-19(21-12-8-9-18(23)25-7-3)22-14-16-11-10-15(4)13-17(16)24-6-2/h10-11,13H,5-9,12,14H2,1-4H3,(H2,20,21,22). The quantitative estimate of drug-likeness (QED) is 0.294. The third-order valence-electron chi connectivity index (χ3n) is 3.43. The number of carbonyl (C=O) groups excluding carboxylic acids is 1. The molecule has 0 fully saturated rings. The number of rotatable bonds is 10. The Morgan fingerprint density at radius 2 is 1.96 bits per heavy atom. The summed E-state index contributed by atoms with van der Waals surface area (Å²) in [5, 5.41) is 6.45. The largest absolute Gasteiger partial charge is 0.494 e. The Morgan fingerprint density at radius 3 is 2.64 bits per heavy atom. The van der Waals surface area contributed by atoms with E-state index in [-0.39, 0.29) is 5.97 Å². The molecular weight excluding hydrogens is 318 g/mol. The number of nitrogens with one attached hydrogen (secondary N) is 2. The number of hydrogen-bond donors (Lipinski definition) is 2. The smallest absolute Gasteiger partial charge is 0.305 e. The summed E-state index contributed by atoms with van der Waals surface area (Å²) in [6, 6.07) is 6.15. The molecule has 1 rings (SSSR count). The molecule has 0 heterocycles. The lowest BCUT2D eigenvalue weighted by molar-refractivity contribution is -0.143. The number of aryl methyl sites for hydroxylation is 1. The first-order valence-electron chi connectivity index (χ1n) is 9.00. The van der Waals surface area contributed by atoms with Gasteiger partial charge in [0.25, 0.3) is 0 Å².